The summed E-state index contributed by atoms with van der Waals surface area (Å²) in [5.41, 5.74) is 0.394. The Kier molecular flexibility index (Phi) is 2.13. The average molecular weight is 171 g/mol. The Morgan fingerprint density at radius 2 is 2.25 bits per heavy atom. The fraction of sp³-hybridized carbons (Fsp3) is 1.00. The Balaban J connectivity index is 0.000000845. The molecule has 1 atom stereocenters. The molecule has 0 bridgehead atoms. The molecule has 0 aromatic heterocycles. The topological polar surface area (TPSA) is 21.3 Å². The van der Waals surface area contributed by atoms with Gasteiger partial charge >= 0.3 is 0 Å². The maximum absolute atomic E-state index is 5.25. The minimum atomic E-state index is 0. The average Bonchev–Trinajstić information content (AvgIpc) is 2.02. The number of nitrogens with one attached hydrogen (secondary N) is 1. The van der Waals surface area contributed by atoms with Crippen LogP contribution < -0.4 is 5.32 Å². The standard InChI is InChI=1S/C10H19NO.H2/c1-8(2)9-3-4-10(11-5-9)6-12-7-10;/h8-9,11H,3-7H2,1-2H3;1H. The molecule has 2 saturated heterocycles. The van der Waals surface area contributed by atoms with E-state index in [1.165, 1.54) is 19.4 Å². The van der Waals surface area contributed by atoms with E-state index in [1.807, 2.05) is 0 Å². The van der Waals surface area contributed by atoms with Gasteiger partial charge in [0.2, 0.25) is 0 Å². The lowest BCUT2D eigenvalue weighted by Crippen LogP contribution is -2.63. The molecule has 0 amide bonds. The molecule has 2 rings (SSSR count). The summed E-state index contributed by atoms with van der Waals surface area (Å²) in [7, 11) is 0. The van der Waals surface area contributed by atoms with Gasteiger partial charge in [0.05, 0.1) is 18.8 Å². The van der Waals surface area contributed by atoms with Crippen LogP contribution in [0.15, 0.2) is 0 Å². The molecule has 72 valence electrons. The van der Waals surface area contributed by atoms with Crippen molar-refractivity contribution in [2.75, 3.05) is 19.8 Å². The summed E-state index contributed by atoms with van der Waals surface area (Å²) in [4.78, 5) is 0. The molecular weight excluding hydrogens is 150 g/mol. The zero-order valence-electron chi connectivity index (χ0n) is 8.10. The predicted molar refractivity (Wildman–Crippen MR) is 51.2 cm³/mol. The van der Waals surface area contributed by atoms with Crippen molar-refractivity contribution in [1.82, 2.24) is 5.32 Å². The van der Waals surface area contributed by atoms with E-state index >= 15 is 0 Å². The lowest BCUT2D eigenvalue weighted by molar-refractivity contribution is -0.0936. The second-order valence-electron chi connectivity index (χ2n) is 4.70. The van der Waals surface area contributed by atoms with Crippen LogP contribution in [-0.4, -0.2) is 25.3 Å². The molecule has 0 saturated carbocycles. The van der Waals surface area contributed by atoms with E-state index < -0.39 is 0 Å². The van der Waals surface area contributed by atoms with Gasteiger partial charge in [-0.15, -0.1) is 0 Å². The Morgan fingerprint density at radius 1 is 1.50 bits per heavy atom. The fourth-order valence-electron chi connectivity index (χ4n) is 2.16. The van der Waals surface area contributed by atoms with Crippen LogP contribution in [0.5, 0.6) is 0 Å². The summed E-state index contributed by atoms with van der Waals surface area (Å²) in [6, 6.07) is 0. The van der Waals surface area contributed by atoms with Gasteiger partial charge in [0, 0.05) is 1.43 Å². The molecule has 0 aliphatic carbocycles. The molecule has 2 fully saturated rings. The van der Waals surface area contributed by atoms with E-state index in [2.05, 4.69) is 19.2 Å². The monoisotopic (exact) mass is 171 g/mol. The molecule has 2 aliphatic heterocycles. The van der Waals surface area contributed by atoms with Crippen LogP contribution in [0.1, 0.15) is 28.1 Å². The van der Waals surface area contributed by atoms with Crippen molar-refractivity contribution >= 4 is 0 Å². The van der Waals surface area contributed by atoms with Gasteiger partial charge in [-0.1, -0.05) is 13.8 Å². The van der Waals surface area contributed by atoms with Crippen LogP contribution in [0.25, 0.3) is 0 Å². The van der Waals surface area contributed by atoms with Crippen molar-refractivity contribution in [3.8, 4) is 0 Å². The maximum Gasteiger partial charge on any atom is 0.0671 e. The molecule has 0 aromatic rings. The lowest BCUT2D eigenvalue weighted by atomic mass is 9.79. The number of ether oxygens (including phenoxy) is 1. The predicted octanol–water partition coefficient (Wildman–Crippen LogP) is 1.66. The highest BCUT2D eigenvalue weighted by molar-refractivity contribution is 4.98. The van der Waals surface area contributed by atoms with Crippen LogP contribution in [0.4, 0.5) is 0 Å². The summed E-state index contributed by atoms with van der Waals surface area (Å²) in [5.74, 6) is 1.71. The van der Waals surface area contributed by atoms with Gasteiger partial charge in [0.1, 0.15) is 0 Å². The Hall–Kier alpha value is -0.0800. The second kappa shape index (κ2) is 3.00. The van der Waals surface area contributed by atoms with Gasteiger partial charge in [-0.25, -0.2) is 0 Å². The Morgan fingerprint density at radius 3 is 2.58 bits per heavy atom. The largest absolute Gasteiger partial charge is 0.377 e. The SMILES string of the molecule is CC(C)C1CCC2(COC2)NC1.[HH]. The minimum Gasteiger partial charge on any atom is -0.377 e. The van der Waals surface area contributed by atoms with Crippen molar-refractivity contribution in [3.05, 3.63) is 0 Å². The summed E-state index contributed by atoms with van der Waals surface area (Å²) >= 11 is 0. The minimum absolute atomic E-state index is 0. The second-order valence-corrected chi connectivity index (χ2v) is 4.70. The third-order valence-corrected chi connectivity index (χ3v) is 3.43. The van der Waals surface area contributed by atoms with Gasteiger partial charge in [0.15, 0.2) is 0 Å². The molecule has 0 aromatic carbocycles. The normalized spacial score (nSPS) is 33.8. The first-order chi connectivity index (χ1) is 5.72. The van der Waals surface area contributed by atoms with E-state index in [0.717, 1.165) is 25.0 Å². The van der Waals surface area contributed by atoms with E-state index in [4.69, 9.17) is 4.74 Å². The molecule has 2 aliphatic rings. The zero-order chi connectivity index (χ0) is 8.60. The maximum atomic E-state index is 5.25. The number of hydrogen-bond acceptors (Lipinski definition) is 2. The van der Waals surface area contributed by atoms with Gasteiger partial charge < -0.3 is 10.1 Å². The van der Waals surface area contributed by atoms with E-state index in [9.17, 15) is 0 Å². The quantitative estimate of drug-likeness (QED) is 0.648. The van der Waals surface area contributed by atoms with Crippen molar-refractivity contribution in [2.45, 2.75) is 32.2 Å². The van der Waals surface area contributed by atoms with Crippen LogP contribution in [0.3, 0.4) is 0 Å². The third-order valence-electron chi connectivity index (χ3n) is 3.43. The van der Waals surface area contributed by atoms with Crippen LogP contribution in [-0.2, 0) is 4.74 Å². The van der Waals surface area contributed by atoms with Crippen LogP contribution >= 0.6 is 0 Å². The summed E-state index contributed by atoms with van der Waals surface area (Å²) in [6.45, 7) is 7.72. The van der Waals surface area contributed by atoms with Crippen molar-refractivity contribution in [2.24, 2.45) is 11.8 Å². The van der Waals surface area contributed by atoms with E-state index in [1.54, 1.807) is 0 Å². The van der Waals surface area contributed by atoms with Crippen molar-refractivity contribution < 1.29 is 6.16 Å². The van der Waals surface area contributed by atoms with Gasteiger partial charge in [-0.2, -0.15) is 0 Å². The number of hydrogen-bond donors (Lipinski definition) is 1. The molecule has 1 spiro atoms. The molecule has 1 N–H and O–H groups in total. The molecular formula is C10H21NO. The molecule has 1 unspecified atom stereocenters. The molecule has 2 nitrogen and oxygen atoms in total. The summed E-state index contributed by atoms with van der Waals surface area (Å²) in [5, 5.41) is 3.64. The summed E-state index contributed by atoms with van der Waals surface area (Å²) in [6.07, 6.45) is 2.70. The highest BCUT2D eigenvalue weighted by Crippen LogP contribution is 2.31. The molecule has 0 radical (unpaired) electrons. The first kappa shape index (κ1) is 8.52. The highest BCUT2D eigenvalue weighted by atomic mass is 16.5. The van der Waals surface area contributed by atoms with E-state index in [-0.39, 0.29) is 1.43 Å². The smallest absolute Gasteiger partial charge is 0.0671 e. The molecule has 2 heterocycles. The fourth-order valence-corrected chi connectivity index (χ4v) is 2.16. The van der Waals surface area contributed by atoms with Crippen LogP contribution in [0, 0.1) is 11.8 Å². The van der Waals surface area contributed by atoms with Crippen molar-refractivity contribution in [1.29, 1.82) is 0 Å². The first-order valence-corrected chi connectivity index (χ1v) is 5.05. The highest BCUT2D eigenvalue weighted by Gasteiger charge is 2.41. The van der Waals surface area contributed by atoms with Gasteiger partial charge in [-0.3, -0.25) is 0 Å². The van der Waals surface area contributed by atoms with E-state index in [0.29, 0.717) is 5.54 Å². The van der Waals surface area contributed by atoms with Gasteiger partial charge in [-0.05, 0) is 31.2 Å². The Bertz CT molecular complexity index is 158. The Labute approximate surface area is 76.2 Å². The molecule has 12 heavy (non-hydrogen) atoms. The third kappa shape index (κ3) is 1.38. The zero-order valence-corrected chi connectivity index (χ0v) is 8.10. The number of piperidine rings is 1. The lowest BCUT2D eigenvalue weighted by Gasteiger charge is -2.47. The number of rotatable bonds is 1. The summed E-state index contributed by atoms with van der Waals surface area (Å²) < 4.78 is 5.25. The van der Waals surface area contributed by atoms with Crippen molar-refractivity contribution in [3.63, 3.8) is 0 Å². The van der Waals surface area contributed by atoms with Gasteiger partial charge in [0.25, 0.3) is 0 Å². The molecule has 2 heteroatoms. The first-order valence-electron chi connectivity index (χ1n) is 5.05. The van der Waals surface area contributed by atoms with Crippen LogP contribution in [0.2, 0.25) is 0 Å².